The average Bonchev–Trinajstić information content (AvgIpc) is 1.67. The number of carbonyl (C=O) groups is 3. The average molecular weight is 1790 g/mol. The number of halogens is 5. The van der Waals surface area contributed by atoms with E-state index in [1.54, 1.807) is 0 Å². The van der Waals surface area contributed by atoms with Crippen molar-refractivity contribution in [3.63, 3.8) is 0 Å². The molecular weight excluding hydrogens is 1670 g/mol. The summed E-state index contributed by atoms with van der Waals surface area (Å²) in [6.45, 7) is -4.78. The Morgan fingerprint density at radius 1 is 0.580 bits per heavy atom. The number of methoxy groups -OCH3 is 2. The fourth-order valence-corrected chi connectivity index (χ4v) is 12.2. The molecule has 10 aromatic carbocycles. The van der Waals surface area contributed by atoms with Crippen molar-refractivity contribution in [3.05, 3.63) is 362 Å². The van der Waals surface area contributed by atoms with Crippen LogP contribution in [-0.2, 0) is 59.2 Å². The molecule has 0 saturated carbocycles. The van der Waals surface area contributed by atoms with E-state index in [2.05, 4.69) is 96.8 Å². The van der Waals surface area contributed by atoms with E-state index in [0.29, 0.717) is 0 Å². The third-order valence-corrected chi connectivity index (χ3v) is 17.6. The molecule has 0 radical (unpaired) electrons. The molecule has 0 aliphatic carbocycles. The molecule has 14 rings (SSSR count). The van der Waals surface area contributed by atoms with Crippen LogP contribution in [0.15, 0.2) is 310 Å². The molecule has 0 bridgehead atoms. The minimum Gasteiger partial charge on any atom is -1.00 e. The molecule has 2 aliphatic heterocycles. The number of hydrogen-bond acceptors (Lipinski definition) is 20. The molecule has 2 saturated heterocycles. The van der Waals surface area contributed by atoms with Gasteiger partial charge in [0, 0.05) is 81.9 Å². The van der Waals surface area contributed by atoms with E-state index < -0.39 is 94.3 Å². The number of aromatic nitrogens is 4. The van der Waals surface area contributed by atoms with Crippen molar-refractivity contribution in [3.8, 4) is 17.2 Å². The van der Waals surface area contributed by atoms with Gasteiger partial charge in [0.25, 0.3) is 0 Å². The van der Waals surface area contributed by atoms with Crippen molar-refractivity contribution < 1.29 is 95.3 Å². The number of nitrogens with zero attached hydrogens (tertiary/aromatic N) is 4. The number of aliphatic hydroxyl groups is 1. The summed E-state index contributed by atoms with van der Waals surface area (Å²) in [5.41, 5.74) is 9.25. The number of carboxylic acids is 1. The summed E-state index contributed by atoms with van der Waals surface area (Å²) in [6.07, 6.45) is 3.26. The molecule has 0 atom stereocenters. The maximum absolute atomic E-state index is 13.9. The van der Waals surface area contributed by atoms with Gasteiger partial charge >= 0.3 is 42.5 Å². The molecule has 0 spiro atoms. The smallest absolute Gasteiger partial charge is 1.00 e. The molecule has 12 aromatic rings. The Bertz CT molecular complexity index is 5020. The van der Waals surface area contributed by atoms with Gasteiger partial charge in [0.15, 0.2) is 23.1 Å². The van der Waals surface area contributed by atoms with Crippen molar-refractivity contribution in [2.24, 2.45) is 5.73 Å². The summed E-state index contributed by atoms with van der Waals surface area (Å²) < 4.78 is 135. The Balaban J connectivity index is 0.000000578. The van der Waals surface area contributed by atoms with E-state index in [4.69, 9.17) is 47.6 Å². The van der Waals surface area contributed by atoms with Gasteiger partial charge in [0.2, 0.25) is 20.9 Å². The second-order valence-electron chi connectivity index (χ2n) is 24.1. The number of esters is 2. The molecule has 628 valence electrons. The first kappa shape index (κ1) is 86.2. The molecule has 2 aromatic heterocycles. The van der Waals surface area contributed by atoms with Crippen LogP contribution in [0.4, 0.5) is 10.2 Å². The van der Waals surface area contributed by atoms with Crippen LogP contribution >= 0.6 is 49.6 Å². The van der Waals surface area contributed by atoms with E-state index in [1.807, 2.05) is 273 Å². The fraction of sp³-hybridized carbons (Fsp3) is 0.247. The number of hydrogen-bond donors (Lipinski definition) is 7. The summed E-state index contributed by atoms with van der Waals surface area (Å²) in [5.74, 6) is -4.87. The van der Waals surface area contributed by atoms with Crippen LogP contribution in [0.1, 0.15) is 112 Å². The summed E-state index contributed by atoms with van der Waals surface area (Å²) in [4.78, 5) is 44.5. The quantitative estimate of drug-likeness (QED) is 0.0128. The Kier molecular flexibility index (Phi) is 41.9. The standard InChI is InChI=1S/C31H24BrFN6O3.C22H21NO2.C21H21NO.C4H8O2.2C4H8O.C2H5NO2.CH4.Al.Cl2OS.ClH.Li.4H/c32-25-20-24(16-17-26(25)33)39-29(38-41-30(39)40)27-28(37-42-36-27)34-18-19-35-31(21-10-4-1-5-11-21,22-12-6-2-7-13-22)23-14-8-3-9-15-23;1-25-21(24)17-23-22(18-11-5-2-6-12-18,19-13-7-3-8-14-19)20-15-9-4-10-16-20;23-17-16-22-21(18-10-4-1-5-11-18,19-12-6-2-7-13-19)20-14-8-3-9-15-20;1-3-4(5)6-2;2*1-2-4-5-3-1;3-1-2(4)5;;;1-4(2)3;;;;;;/h1-17,20,35H,18-19H2,(H,34,37);2-16,23H,17H2,1H3;1-15,22-23H,16-17H2;3H2,1-2H3;2*1-4H2;1,3H2,(H,4,5);1H4;;;1H;;;;;/q;;;;;;;;;;;+1;;;;-1/i19D2;17D2;16D2;3D2;;;1D2;;;;;;;;;/hD. The molecule has 4 heterocycles. The van der Waals surface area contributed by atoms with Gasteiger partial charge in [-0.1, -0.05) is 292 Å². The first-order valence-electron chi connectivity index (χ1n) is 41.1. The van der Waals surface area contributed by atoms with Crippen molar-refractivity contribution >= 4 is 99.9 Å². The monoisotopic (exact) mass is 1790 g/mol. The van der Waals surface area contributed by atoms with Crippen LogP contribution in [0.5, 0.6) is 0 Å². The topological polar surface area (TPSA) is 307 Å². The third kappa shape index (κ3) is 31.7. The number of benzene rings is 10. The van der Waals surface area contributed by atoms with Crippen molar-refractivity contribution in [2.75, 3.05) is 85.1 Å². The molecule has 0 amide bonds. The zero-order valence-electron chi connectivity index (χ0n) is 76.3. The first-order chi connectivity index (χ1) is 60.5. The second-order valence-corrected chi connectivity index (χ2v) is 27.5. The van der Waals surface area contributed by atoms with Gasteiger partial charge in [0.05, 0.1) is 66.1 Å². The number of ether oxygens (including phenoxy) is 4. The Hall–Kier alpha value is -9.23. The van der Waals surface area contributed by atoms with Gasteiger partial charge in [-0.15, -0.1) is 12.3 Å². The van der Waals surface area contributed by atoms with Crippen LogP contribution < -0.4 is 51.6 Å². The SMILES string of the molecule is C.C1CCOC1.C1CCOC1.O=S(Cl)Cl.[2H]C([2H])(C)C(=O)OC.[2H]C([2H])(CNc1nonc1-c1noc(=O)n1-c1ccc(F)c(Br)c1)NC(c1ccccc1)(c1ccccc1)c1ccccc1.[2H]C([2H])(CO)NC(c1ccccc1)(c1ccccc1)c1ccccc1.[2H]C([2H])(N)C(=O)O.[2H]C([2H])(NC(c1ccccc1)(c1ccccc1)c1ccccc1)C(=O)OC.[2H]Cl.[AlH3].[H-].[Li+]. The van der Waals surface area contributed by atoms with Crippen LogP contribution in [0.3, 0.4) is 0 Å². The maximum Gasteiger partial charge on any atom is 1.00 e. The molecular formula is C89H104AlBrCl3FLiN9O13S. The molecule has 2 fully saturated rings. The van der Waals surface area contributed by atoms with Crippen LogP contribution in [-0.4, -0.2) is 151 Å². The van der Waals surface area contributed by atoms with E-state index in [-0.39, 0.29) is 79.1 Å². The van der Waals surface area contributed by atoms with Gasteiger partial charge in [0.1, 0.15) is 6.99 Å². The summed E-state index contributed by atoms with van der Waals surface area (Å²) >= 11 is 7.01. The number of nitrogens with one attached hydrogen (secondary N) is 4. The van der Waals surface area contributed by atoms with Crippen LogP contribution in [0.2, 0.25) is 0 Å². The van der Waals surface area contributed by atoms with Crippen LogP contribution in [0.25, 0.3) is 17.2 Å². The third-order valence-electron chi connectivity index (χ3n) is 17.0. The van der Waals surface area contributed by atoms with Crippen molar-refractivity contribution in [1.82, 2.24) is 36.0 Å². The number of nitrogens with two attached hydrogens (primary N) is 1. The summed E-state index contributed by atoms with van der Waals surface area (Å²) in [5, 5.41) is 41.2. The van der Waals surface area contributed by atoms with Gasteiger partial charge in [-0.05, 0) is 120 Å². The molecule has 119 heavy (non-hydrogen) atoms. The van der Waals surface area contributed by atoms with Gasteiger partial charge in [-0.25, -0.2) is 22.6 Å². The number of carboxylic acid groups (broad SMARTS) is 1. The van der Waals surface area contributed by atoms with Crippen molar-refractivity contribution in [2.45, 2.75) is 63.0 Å². The number of carbonyl (C=O) groups excluding carboxylic acids is 2. The fourth-order valence-electron chi connectivity index (χ4n) is 11.8. The van der Waals surface area contributed by atoms with Gasteiger partial charge in [-0.2, -0.15) is 0 Å². The van der Waals surface area contributed by atoms with E-state index in [1.165, 1.54) is 51.0 Å². The molecule has 8 N–H and O–H groups in total. The molecule has 30 heteroatoms. The normalized spacial score (nSPS) is 13.5. The molecule has 2 aliphatic rings. The molecule has 0 unspecified atom stereocenters. The summed E-state index contributed by atoms with van der Waals surface area (Å²) in [6, 6.07) is 90.7. The largest absolute Gasteiger partial charge is 1.00 e. The Morgan fingerprint density at radius 2 is 0.891 bits per heavy atom. The minimum atomic E-state index is -2.58. The zero-order chi connectivity index (χ0) is 93.3. The van der Waals surface area contributed by atoms with E-state index in [9.17, 15) is 28.7 Å². The number of aliphatic hydroxyl groups excluding tert-OH is 1. The van der Waals surface area contributed by atoms with E-state index in [0.717, 1.165) is 95.1 Å². The number of aliphatic carboxylic acids is 1. The van der Waals surface area contributed by atoms with Gasteiger partial charge in [-0.3, -0.25) is 34.9 Å². The van der Waals surface area contributed by atoms with Crippen molar-refractivity contribution in [1.29, 1.82) is 1.17 Å². The van der Waals surface area contributed by atoms with Crippen LogP contribution in [0, 0.1) is 5.82 Å². The second kappa shape index (κ2) is 57.9. The number of rotatable bonds is 24. The maximum atomic E-state index is 13.9. The Labute approximate surface area is 760 Å². The summed E-state index contributed by atoms with van der Waals surface area (Å²) in [7, 11) is 9.69. The Morgan fingerprint density at radius 3 is 1.15 bits per heavy atom. The predicted octanol–water partition coefficient (Wildman–Crippen LogP) is 12.3. The predicted molar refractivity (Wildman–Crippen MR) is 476 cm³/mol. The van der Waals surface area contributed by atoms with Gasteiger partial charge < -0.3 is 41.6 Å². The molecule has 22 nitrogen and oxygen atoms in total. The first-order valence-corrected chi connectivity index (χ1v) is 39.3. The minimum absolute atomic E-state index is 0. The van der Waals surface area contributed by atoms with E-state index >= 15 is 0 Å². The number of anilines is 1. The zero-order valence-corrected chi connectivity index (χ0v) is 69.0.